The van der Waals surface area contributed by atoms with Crippen molar-refractivity contribution in [1.29, 1.82) is 0 Å². The van der Waals surface area contributed by atoms with E-state index in [-0.39, 0.29) is 23.5 Å². The van der Waals surface area contributed by atoms with Gasteiger partial charge >= 0.3 is 0 Å². The number of benzene rings is 2. The van der Waals surface area contributed by atoms with Gasteiger partial charge in [-0.05, 0) is 30.7 Å². The van der Waals surface area contributed by atoms with Gasteiger partial charge in [0, 0.05) is 31.9 Å². The Labute approximate surface area is 198 Å². The van der Waals surface area contributed by atoms with Crippen LogP contribution in [0.3, 0.4) is 0 Å². The van der Waals surface area contributed by atoms with Crippen LogP contribution in [0.4, 0.5) is 5.69 Å². The minimum atomic E-state index is -3.08. The van der Waals surface area contributed by atoms with E-state index in [9.17, 15) is 13.2 Å². The predicted molar refractivity (Wildman–Crippen MR) is 132 cm³/mol. The number of fused-ring (bicyclic) bond motifs is 1. The van der Waals surface area contributed by atoms with E-state index < -0.39 is 9.84 Å². The first-order valence-electron chi connectivity index (χ1n) is 11.3. The molecule has 1 atom stereocenters. The number of carbonyl (C=O) groups excluding carboxylic acids is 1. The second-order valence-electron chi connectivity index (χ2n) is 8.78. The minimum absolute atomic E-state index is 0.0251. The molecule has 0 saturated carbocycles. The van der Waals surface area contributed by atoms with Crippen LogP contribution in [0.15, 0.2) is 54.6 Å². The summed E-state index contributed by atoms with van der Waals surface area (Å²) in [4.78, 5) is 24.4. The van der Waals surface area contributed by atoms with E-state index in [4.69, 9.17) is 4.98 Å². The quantitative estimate of drug-likeness (QED) is 0.536. The van der Waals surface area contributed by atoms with Crippen molar-refractivity contribution in [3.8, 4) is 0 Å². The lowest BCUT2D eigenvalue weighted by atomic mass is 10.1. The molecule has 9 heteroatoms. The number of anilines is 1. The number of amides is 1. The Morgan fingerprint density at radius 2 is 1.70 bits per heavy atom. The molecule has 3 heterocycles. The predicted octanol–water partition coefficient (Wildman–Crippen LogP) is 2.63. The molecule has 2 aliphatic rings. The van der Waals surface area contributed by atoms with Gasteiger partial charge in [-0.15, -0.1) is 11.3 Å². The lowest BCUT2D eigenvalue weighted by molar-refractivity contribution is -0.120. The molecule has 33 heavy (non-hydrogen) atoms. The number of piperazine rings is 1. The third-order valence-corrected chi connectivity index (χ3v) is 9.17. The molecule has 2 aliphatic heterocycles. The van der Waals surface area contributed by atoms with E-state index in [2.05, 4.69) is 15.9 Å². The summed E-state index contributed by atoms with van der Waals surface area (Å²) in [7, 11) is -3.08. The molecule has 2 saturated heterocycles. The van der Waals surface area contributed by atoms with E-state index in [1.807, 2.05) is 48.5 Å². The molecule has 2 fully saturated rings. The standard InChI is InChI=1S/C24H28N4O3S2/c29-24(28(19-6-2-1-3-7-19)20-10-15-33(30,31)18-20)17-27-13-11-26(12-14-27)16-23-25-21-8-4-5-9-22(21)32-23/h1-9,20H,10-18H2. The van der Waals surface area contributed by atoms with E-state index in [1.54, 1.807) is 16.2 Å². The largest absolute Gasteiger partial charge is 0.307 e. The molecule has 174 valence electrons. The number of hydrogen-bond acceptors (Lipinski definition) is 7. The molecule has 0 aliphatic carbocycles. The molecule has 0 N–H and O–H groups in total. The van der Waals surface area contributed by atoms with Gasteiger partial charge in [0.1, 0.15) is 5.01 Å². The van der Waals surface area contributed by atoms with Gasteiger partial charge in [0.2, 0.25) is 5.91 Å². The average Bonchev–Trinajstić information content (AvgIpc) is 3.38. The highest BCUT2D eigenvalue weighted by molar-refractivity contribution is 7.91. The zero-order valence-electron chi connectivity index (χ0n) is 18.5. The van der Waals surface area contributed by atoms with Crippen molar-refractivity contribution in [2.45, 2.75) is 19.0 Å². The van der Waals surface area contributed by atoms with Crippen molar-refractivity contribution in [3.05, 3.63) is 59.6 Å². The lowest BCUT2D eigenvalue weighted by Crippen LogP contribution is -2.51. The Morgan fingerprint density at radius 3 is 2.39 bits per heavy atom. The summed E-state index contributed by atoms with van der Waals surface area (Å²) in [5, 5.41) is 1.12. The van der Waals surface area contributed by atoms with E-state index in [0.29, 0.717) is 13.0 Å². The lowest BCUT2D eigenvalue weighted by Gasteiger charge is -2.36. The van der Waals surface area contributed by atoms with Gasteiger partial charge in [0.25, 0.3) is 0 Å². The van der Waals surface area contributed by atoms with Gasteiger partial charge in [0.15, 0.2) is 9.84 Å². The Morgan fingerprint density at radius 1 is 1.00 bits per heavy atom. The van der Waals surface area contributed by atoms with Gasteiger partial charge in [-0.2, -0.15) is 0 Å². The van der Waals surface area contributed by atoms with Crippen molar-refractivity contribution in [2.24, 2.45) is 0 Å². The van der Waals surface area contributed by atoms with Crippen molar-refractivity contribution in [2.75, 3.05) is 49.1 Å². The number of aromatic nitrogens is 1. The topological polar surface area (TPSA) is 73.8 Å². The third kappa shape index (κ3) is 5.27. The van der Waals surface area contributed by atoms with Crippen LogP contribution < -0.4 is 4.90 Å². The van der Waals surface area contributed by atoms with Crippen LogP contribution in [0.1, 0.15) is 11.4 Å². The maximum absolute atomic E-state index is 13.3. The van der Waals surface area contributed by atoms with Crippen molar-refractivity contribution in [1.82, 2.24) is 14.8 Å². The first kappa shape index (κ1) is 22.5. The summed E-state index contributed by atoms with van der Waals surface area (Å²) in [5.41, 5.74) is 1.83. The summed E-state index contributed by atoms with van der Waals surface area (Å²) in [6.07, 6.45) is 0.499. The highest BCUT2D eigenvalue weighted by Crippen LogP contribution is 2.26. The van der Waals surface area contributed by atoms with Gasteiger partial charge in [0.05, 0.1) is 40.9 Å². The molecule has 5 rings (SSSR count). The average molecular weight is 485 g/mol. The second-order valence-corrected chi connectivity index (χ2v) is 12.1. The second kappa shape index (κ2) is 9.50. The normalized spacial score (nSPS) is 21.4. The molecule has 3 aromatic rings. The summed E-state index contributed by atoms with van der Waals surface area (Å²) >= 11 is 1.74. The van der Waals surface area contributed by atoms with Gasteiger partial charge < -0.3 is 4.90 Å². The fraction of sp³-hybridized carbons (Fsp3) is 0.417. The third-order valence-electron chi connectivity index (χ3n) is 6.40. The minimum Gasteiger partial charge on any atom is -0.307 e. The summed E-state index contributed by atoms with van der Waals surface area (Å²) in [6, 6.07) is 17.4. The monoisotopic (exact) mass is 484 g/mol. The zero-order chi connectivity index (χ0) is 22.8. The van der Waals surface area contributed by atoms with E-state index >= 15 is 0 Å². The van der Waals surface area contributed by atoms with Crippen LogP contribution in [0, 0.1) is 0 Å². The fourth-order valence-corrected chi connectivity index (χ4v) is 7.39. The van der Waals surface area contributed by atoms with Gasteiger partial charge in [-0.3, -0.25) is 14.6 Å². The molecule has 1 amide bonds. The van der Waals surface area contributed by atoms with Gasteiger partial charge in [-0.1, -0.05) is 30.3 Å². The summed E-state index contributed by atoms with van der Waals surface area (Å²) in [5.74, 6) is 0.172. The number of thiazole rings is 1. The Balaban J connectivity index is 1.20. The van der Waals surface area contributed by atoms with Crippen LogP contribution in [-0.4, -0.2) is 79.4 Å². The number of sulfone groups is 1. The maximum Gasteiger partial charge on any atom is 0.241 e. The zero-order valence-corrected chi connectivity index (χ0v) is 20.1. The van der Waals surface area contributed by atoms with Crippen LogP contribution in [0.25, 0.3) is 10.2 Å². The molecule has 0 spiro atoms. The van der Waals surface area contributed by atoms with E-state index in [0.717, 1.165) is 48.9 Å². The SMILES string of the molecule is O=C(CN1CCN(Cc2nc3ccccc3s2)CC1)N(c1ccccc1)C1CCS(=O)(=O)C1. The smallest absolute Gasteiger partial charge is 0.241 e. The van der Waals surface area contributed by atoms with Crippen LogP contribution in [0.5, 0.6) is 0 Å². The highest BCUT2D eigenvalue weighted by atomic mass is 32.2. The van der Waals surface area contributed by atoms with Crippen molar-refractivity contribution < 1.29 is 13.2 Å². The Kier molecular flexibility index (Phi) is 6.47. The molecular weight excluding hydrogens is 456 g/mol. The maximum atomic E-state index is 13.3. The van der Waals surface area contributed by atoms with E-state index in [1.165, 1.54) is 4.70 Å². The van der Waals surface area contributed by atoms with Gasteiger partial charge in [-0.25, -0.2) is 13.4 Å². The number of para-hydroxylation sites is 2. The number of carbonyl (C=O) groups is 1. The van der Waals surface area contributed by atoms with Crippen LogP contribution >= 0.6 is 11.3 Å². The summed E-state index contributed by atoms with van der Waals surface area (Å²) in [6.45, 7) is 4.51. The van der Waals surface area contributed by atoms with Crippen molar-refractivity contribution in [3.63, 3.8) is 0 Å². The summed E-state index contributed by atoms with van der Waals surface area (Å²) < 4.78 is 25.4. The molecule has 7 nitrogen and oxygen atoms in total. The molecule has 1 unspecified atom stereocenters. The van der Waals surface area contributed by atoms with Crippen LogP contribution in [-0.2, 0) is 21.2 Å². The Hall–Kier alpha value is -2.33. The molecule has 1 aromatic heterocycles. The number of hydrogen-bond donors (Lipinski definition) is 0. The molecule has 0 radical (unpaired) electrons. The molecule has 0 bridgehead atoms. The highest BCUT2D eigenvalue weighted by Gasteiger charge is 2.36. The Bertz CT molecular complexity index is 1190. The first-order chi connectivity index (χ1) is 16.0. The number of nitrogens with zero attached hydrogens (tertiary/aromatic N) is 4. The van der Waals surface area contributed by atoms with Crippen LogP contribution in [0.2, 0.25) is 0 Å². The molecular formula is C24H28N4O3S2. The number of rotatable bonds is 6. The first-order valence-corrected chi connectivity index (χ1v) is 14.0. The van der Waals surface area contributed by atoms with Crippen molar-refractivity contribution >= 4 is 43.0 Å². The fourth-order valence-electron chi connectivity index (χ4n) is 4.68. The molecule has 2 aromatic carbocycles.